The number of esters is 2. The van der Waals surface area contributed by atoms with Gasteiger partial charge in [-0.05, 0) is 0 Å². The molecular formula is C30H42N10O8Se2. The maximum absolute atomic E-state index is 12.4. The van der Waals surface area contributed by atoms with Gasteiger partial charge in [-0.15, -0.1) is 0 Å². The molecule has 20 heteroatoms. The van der Waals surface area contributed by atoms with Gasteiger partial charge in [-0.25, -0.2) is 0 Å². The third kappa shape index (κ3) is 8.02. The Labute approximate surface area is 300 Å². The van der Waals surface area contributed by atoms with Crippen LogP contribution in [0.4, 0.5) is 11.6 Å². The predicted octanol–water partition coefficient (Wildman–Crippen LogP) is 1.10. The monoisotopic (exact) mass is 830 g/mol. The normalized spacial score (nSPS) is 26.2. The second kappa shape index (κ2) is 17.2. The molecule has 6 N–H and O–H groups in total. The Morgan fingerprint density at radius 2 is 1.22 bits per heavy atom. The van der Waals surface area contributed by atoms with Gasteiger partial charge in [-0.1, -0.05) is 0 Å². The predicted molar refractivity (Wildman–Crippen MR) is 182 cm³/mol. The molecule has 0 radical (unpaired) electrons. The fourth-order valence-electron chi connectivity index (χ4n) is 5.70. The molecule has 0 amide bonds. The molecule has 2 aliphatic rings. The number of carbonyl (C=O) groups excluding carboxylic acids is 2. The van der Waals surface area contributed by atoms with Gasteiger partial charge in [-0.2, -0.15) is 0 Å². The summed E-state index contributed by atoms with van der Waals surface area (Å²) in [7, 11) is 0. The molecule has 4 aromatic heterocycles. The molecule has 2 unspecified atom stereocenters. The number of hydrogen-bond donors (Lipinski definition) is 4. The maximum atomic E-state index is 12.4. The summed E-state index contributed by atoms with van der Waals surface area (Å²) in [6.45, 7) is 3.80. The van der Waals surface area contributed by atoms with E-state index in [1.807, 2.05) is 13.8 Å². The van der Waals surface area contributed by atoms with Crippen LogP contribution in [-0.4, -0.2) is 128 Å². The van der Waals surface area contributed by atoms with Crippen molar-refractivity contribution in [3.8, 4) is 0 Å². The van der Waals surface area contributed by atoms with E-state index in [0.717, 1.165) is 5.32 Å². The average Bonchev–Trinajstić information content (AvgIpc) is 3.85. The zero-order chi connectivity index (χ0) is 35.9. The van der Waals surface area contributed by atoms with Crippen LogP contribution in [0.25, 0.3) is 22.3 Å². The Bertz CT molecular complexity index is 1760. The van der Waals surface area contributed by atoms with E-state index >= 15 is 0 Å². The number of fused-ring (bicyclic) bond motifs is 2. The van der Waals surface area contributed by atoms with Crippen molar-refractivity contribution < 1.29 is 38.7 Å². The van der Waals surface area contributed by atoms with Crippen LogP contribution < -0.4 is 11.5 Å². The van der Waals surface area contributed by atoms with Crippen molar-refractivity contribution in [3.05, 3.63) is 25.3 Å². The molecule has 0 aromatic carbocycles. The van der Waals surface area contributed by atoms with Gasteiger partial charge in [0, 0.05) is 0 Å². The van der Waals surface area contributed by atoms with E-state index in [1.165, 1.54) is 25.3 Å². The summed E-state index contributed by atoms with van der Waals surface area (Å²) in [4.78, 5) is 49.3. The number of aromatic nitrogens is 8. The van der Waals surface area contributed by atoms with Crippen molar-refractivity contribution in [1.29, 1.82) is 0 Å². The third-order valence-corrected chi connectivity index (χ3v) is 10.8. The molecule has 4 aromatic rings. The Hall–Kier alpha value is -3.48. The van der Waals surface area contributed by atoms with E-state index in [9.17, 15) is 19.8 Å². The first-order chi connectivity index (χ1) is 24.1. The standard InChI is InChI=1S/C19H27N5O5Se.C11H15N5O3Se/c1-4-6-12(25)28-15-11(8-30-3)27-19(16(15)29-13(26)7-5-2)24-10-23-14-17(20)21-9-22-18(14)24;1-20-2-5-7(17)8(18)11(19-5)16-4-15-6-9(12)13-3-14-10(6)16/h9-11,15-16,19H,4-8H2,1-3H3,(H2,20,21,22);3-5,7-8,11,17-18H,2H2,1H3,(H2,12,13,14)/t11-,15?,16+,19-;5-,7?,8+,11-/m11/s1. The zero-order valence-electron chi connectivity index (χ0n) is 28.1. The molecule has 2 aliphatic heterocycles. The first-order valence-corrected chi connectivity index (χ1v) is 21.9. The van der Waals surface area contributed by atoms with E-state index in [-0.39, 0.29) is 51.1 Å². The summed E-state index contributed by atoms with van der Waals surface area (Å²) in [6, 6.07) is 0. The molecule has 0 aliphatic carbocycles. The summed E-state index contributed by atoms with van der Waals surface area (Å²) in [6.07, 6.45) is 1.93. The van der Waals surface area contributed by atoms with Gasteiger partial charge < -0.3 is 0 Å². The molecule has 2 saturated heterocycles. The van der Waals surface area contributed by atoms with Gasteiger partial charge >= 0.3 is 301 Å². The minimum absolute atomic E-state index is 0.246. The van der Waals surface area contributed by atoms with Crippen molar-refractivity contribution in [2.75, 3.05) is 11.5 Å². The van der Waals surface area contributed by atoms with E-state index in [2.05, 4.69) is 41.5 Å². The van der Waals surface area contributed by atoms with Crippen molar-refractivity contribution in [3.63, 3.8) is 0 Å². The summed E-state index contributed by atoms with van der Waals surface area (Å²) < 4.78 is 26.8. The molecule has 0 saturated carbocycles. The molecule has 6 rings (SSSR count). The fraction of sp³-hybridized carbons (Fsp3) is 0.600. The molecule has 18 nitrogen and oxygen atoms in total. The van der Waals surface area contributed by atoms with Gasteiger partial charge in [0.15, 0.2) is 0 Å². The Morgan fingerprint density at radius 1 is 0.740 bits per heavy atom. The number of nitrogens with two attached hydrogens (primary N) is 2. The number of anilines is 2. The molecule has 50 heavy (non-hydrogen) atoms. The molecule has 0 spiro atoms. The van der Waals surface area contributed by atoms with Crippen molar-refractivity contribution >= 4 is 75.8 Å². The topological polar surface area (TPSA) is 251 Å². The second-order valence-electron chi connectivity index (χ2n) is 11.6. The van der Waals surface area contributed by atoms with Crippen molar-refractivity contribution in [2.45, 2.75) is 111 Å². The number of nitrogen functional groups attached to an aromatic ring is 2. The number of ether oxygens (including phenoxy) is 4. The van der Waals surface area contributed by atoms with E-state index in [4.69, 9.17) is 30.4 Å². The Kier molecular flexibility index (Phi) is 13.0. The molecule has 272 valence electrons. The van der Waals surface area contributed by atoms with Crippen LogP contribution in [0.5, 0.6) is 0 Å². The summed E-state index contributed by atoms with van der Waals surface area (Å²) >= 11 is 0.612. The second-order valence-corrected chi connectivity index (χ2v) is 15.4. The summed E-state index contributed by atoms with van der Waals surface area (Å²) in [5.41, 5.74) is 13.5. The van der Waals surface area contributed by atoms with Gasteiger partial charge in [0.25, 0.3) is 0 Å². The van der Waals surface area contributed by atoms with Crippen LogP contribution in [0.3, 0.4) is 0 Å². The van der Waals surface area contributed by atoms with E-state index < -0.39 is 43.0 Å². The van der Waals surface area contributed by atoms with Gasteiger partial charge in [0.05, 0.1) is 0 Å². The number of aliphatic hydroxyl groups excluding tert-OH is 2. The number of rotatable bonds is 12. The van der Waals surface area contributed by atoms with Gasteiger partial charge in [0.2, 0.25) is 0 Å². The number of nitrogens with zero attached hydrogens (tertiary/aromatic N) is 8. The van der Waals surface area contributed by atoms with Crippen LogP contribution in [0.2, 0.25) is 22.3 Å². The SMILES string of the molecule is CCCC(=O)OC1[C@@H](C[Se]C)O[C@@H](n2cnc3c(N)ncnc32)[C@H]1OC(=O)CCC.C[Se]C[C@H]1O[C@@H](n2cnc3c(N)ncnc32)[C@@H](O)C1O. The van der Waals surface area contributed by atoms with Gasteiger partial charge in [-0.3, -0.25) is 0 Å². The molecular weight excluding hydrogens is 786 g/mol. The summed E-state index contributed by atoms with van der Waals surface area (Å²) in [5.74, 6) is 3.95. The minimum atomic E-state index is -1.02. The Balaban J connectivity index is 0.000000210. The summed E-state index contributed by atoms with van der Waals surface area (Å²) in [5, 5.41) is 21.6. The third-order valence-electron chi connectivity index (χ3n) is 8.05. The van der Waals surface area contributed by atoms with Gasteiger partial charge in [0.1, 0.15) is 0 Å². The number of aliphatic hydroxyl groups is 2. The zero-order valence-corrected chi connectivity index (χ0v) is 31.5. The fourth-order valence-corrected chi connectivity index (χ4v) is 8.22. The molecule has 0 bridgehead atoms. The number of carbonyl (C=O) groups is 2. The quantitative estimate of drug-likeness (QED) is 0.115. The van der Waals surface area contributed by atoms with Crippen LogP contribution >= 0.6 is 0 Å². The average molecular weight is 829 g/mol. The van der Waals surface area contributed by atoms with Crippen molar-refractivity contribution in [2.24, 2.45) is 0 Å². The van der Waals surface area contributed by atoms with E-state index in [0.29, 0.717) is 61.9 Å². The van der Waals surface area contributed by atoms with Crippen molar-refractivity contribution in [1.82, 2.24) is 39.0 Å². The van der Waals surface area contributed by atoms with E-state index in [1.54, 1.807) is 9.13 Å². The number of imidazole rings is 2. The van der Waals surface area contributed by atoms with Crippen LogP contribution in [0.15, 0.2) is 25.3 Å². The Morgan fingerprint density at radius 3 is 1.74 bits per heavy atom. The first-order valence-electron chi connectivity index (χ1n) is 16.0. The molecule has 6 heterocycles. The van der Waals surface area contributed by atoms with Crippen LogP contribution in [-0.2, 0) is 28.5 Å². The molecule has 2 fully saturated rings. The number of hydrogen-bond acceptors (Lipinski definition) is 16. The molecule has 8 atom stereocenters. The van der Waals surface area contributed by atoms with Crippen LogP contribution in [0.1, 0.15) is 52.0 Å². The first kappa shape index (κ1) is 37.8. The van der Waals surface area contributed by atoms with Crippen LogP contribution in [0, 0.1) is 0 Å².